The fourth-order valence-corrected chi connectivity index (χ4v) is 3.16. The summed E-state index contributed by atoms with van der Waals surface area (Å²) in [7, 11) is 0. The molecule has 0 aliphatic carbocycles. The van der Waals surface area contributed by atoms with Crippen LogP contribution >= 0.6 is 0 Å². The van der Waals surface area contributed by atoms with Crippen molar-refractivity contribution in [2.45, 2.75) is 24.4 Å². The van der Waals surface area contributed by atoms with Crippen molar-refractivity contribution in [3.05, 3.63) is 108 Å². The highest BCUT2D eigenvalue weighted by molar-refractivity contribution is 5.90. The molecule has 0 amide bonds. The van der Waals surface area contributed by atoms with Gasteiger partial charge in [0.1, 0.15) is 31.5 Å². The van der Waals surface area contributed by atoms with E-state index in [9.17, 15) is 29.7 Å². The molecule has 3 N–H and O–H groups in total. The van der Waals surface area contributed by atoms with E-state index in [1.54, 1.807) is 54.6 Å². The molecule has 0 heterocycles. The summed E-state index contributed by atoms with van der Waals surface area (Å²) < 4.78 is 15.5. The fraction of sp³-hybridized carbons (Fsp3) is 0.222. The number of hydrogen-bond donors (Lipinski definition) is 3. The molecule has 188 valence electrons. The molecule has 0 bridgehead atoms. The Labute approximate surface area is 207 Å². The van der Waals surface area contributed by atoms with Gasteiger partial charge in [-0.2, -0.15) is 0 Å². The molecule has 3 aromatic carbocycles. The zero-order chi connectivity index (χ0) is 25.9. The Balaban J connectivity index is 1.66. The Kier molecular flexibility index (Phi) is 9.70. The van der Waals surface area contributed by atoms with Crippen LogP contribution in [0.4, 0.5) is 0 Å². The lowest BCUT2D eigenvalue weighted by atomic mass is 10.0. The molecule has 0 spiro atoms. The van der Waals surface area contributed by atoms with Gasteiger partial charge in [-0.3, -0.25) is 0 Å². The Morgan fingerprint density at radius 2 is 0.944 bits per heavy atom. The van der Waals surface area contributed by atoms with Gasteiger partial charge in [0.15, 0.2) is 6.10 Å². The first-order chi connectivity index (χ1) is 17.4. The number of rotatable bonds is 11. The molecule has 0 aromatic heterocycles. The fourth-order valence-electron chi connectivity index (χ4n) is 3.16. The number of carbonyl (C=O) groups is 3. The number of esters is 3. The molecular weight excluding hydrogens is 468 g/mol. The van der Waals surface area contributed by atoms with Crippen LogP contribution in [0.1, 0.15) is 31.1 Å². The molecule has 36 heavy (non-hydrogen) atoms. The van der Waals surface area contributed by atoms with Crippen LogP contribution in [0.2, 0.25) is 0 Å². The van der Waals surface area contributed by atoms with E-state index < -0.39 is 55.5 Å². The topological polar surface area (TPSA) is 140 Å². The molecule has 4 atom stereocenters. The molecule has 0 saturated heterocycles. The van der Waals surface area contributed by atoms with E-state index in [2.05, 4.69) is 0 Å². The third-order valence-corrected chi connectivity index (χ3v) is 5.18. The van der Waals surface area contributed by atoms with Crippen LogP contribution in [0.3, 0.4) is 0 Å². The van der Waals surface area contributed by atoms with Gasteiger partial charge in [0.2, 0.25) is 0 Å². The monoisotopic (exact) mass is 494 g/mol. The highest BCUT2D eigenvalue weighted by Crippen LogP contribution is 2.14. The molecule has 0 radical (unpaired) electrons. The van der Waals surface area contributed by atoms with Crippen LogP contribution in [0.5, 0.6) is 0 Å². The minimum Gasteiger partial charge on any atom is -0.459 e. The molecule has 9 nitrogen and oxygen atoms in total. The van der Waals surface area contributed by atoms with Gasteiger partial charge in [-0.25, -0.2) is 14.4 Å². The van der Waals surface area contributed by atoms with Crippen LogP contribution in [0.25, 0.3) is 0 Å². The van der Waals surface area contributed by atoms with Crippen LogP contribution < -0.4 is 0 Å². The number of ether oxygens (including phenoxy) is 3. The van der Waals surface area contributed by atoms with Crippen molar-refractivity contribution < 1.29 is 43.9 Å². The van der Waals surface area contributed by atoms with Crippen LogP contribution in [0.15, 0.2) is 91.0 Å². The minimum atomic E-state index is -1.91. The van der Waals surface area contributed by atoms with Gasteiger partial charge in [-0.1, -0.05) is 54.6 Å². The molecule has 0 fully saturated rings. The third-order valence-electron chi connectivity index (χ3n) is 5.18. The second kappa shape index (κ2) is 13.1. The number of hydrogen-bond acceptors (Lipinski definition) is 9. The average Bonchev–Trinajstić information content (AvgIpc) is 2.94. The van der Waals surface area contributed by atoms with E-state index in [-0.39, 0.29) is 16.7 Å². The van der Waals surface area contributed by atoms with Gasteiger partial charge in [0, 0.05) is 0 Å². The first kappa shape index (κ1) is 26.6. The minimum absolute atomic E-state index is 0.163. The van der Waals surface area contributed by atoms with Gasteiger partial charge < -0.3 is 29.5 Å². The summed E-state index contributed by atoms with van der Waals surface area (Å²) in [6.07, 6.45) is -7.06. The first-order valence-corrected chi connectivity index (χ1v) is 11.1. The van der Waals surface area contributed by atoms with Gasteiger partial charge in [-0.15, -0.1) is 0 Å². The maximum absolute atomic E-state index is 12.6. The lowest BCUT2D eigenvalue weighted by Gasteiger charge is -2.29. The Morgan fingerprint density at radius 1 is 0.556 bits per heavy atom. The average molecular weight is 494 g/mol. The summed E-state index contributed by atoms with van der Waals surface area (Å²) in [5.74, 6) is -2.32. The summed E-state index contributed by atoms with van der Waals surface area (Å²) in [5.41, 5.74) is 0.631. The van der Waals surface area contributed by atoms with E-state index in [1.807, 2.05) is 0 Å². The van der Waals surface area contributed by atoms with Crippen molar-refractivity contribution in [1.82, 2.24) is 0 Å². The van der Waals surface area contributed by atoms with Crippen molar-refractivity contribution in [3.8, 4) is 0 Å². The number of aliphatic hydroxyl groups is 3. The van der Waals surface area contributed by atoms with Crippen molar-refractivity contribution in [1.29, 1.82) is 0 Å². The maximum Gasteiger partial charge on any atom is 0.338 e. The predicted octanol–water partition coefficient (Wildman–Crippen LogP) is 2.01. The largest absolute Gasteiger partial charge is 0.459 e. The van der Waals surface area contributed by atoms with E-state index in [0.717, 1.165) is 0 Å². The second-order valence-electron chi connectivity index (χ2n) is 7.79. The summed E-state index contributed by atoms with van der Waals surface area (Å²) >= 11 is 0. The zero-order valence-electron chi connectivity index (χ0n) is 19.2. The van der Waals surface area contributed by atoms with E-state index >= 15 is 0 Å². The van der Waals surface area contributed by atoms with Crippen molar-refractivity contribution in [2.75, 3.05) is 13.2 Å². The summed E-state index contributed by atoms with van der Waals surface area (Å²) in [5, 5.41) is 31.5. The molecule has 9 heteroatoms. The molecular formula is C27H26O9. The van der Waals surface area contributed by atoms with Gasteiger partial charge in [0.25, 0.3) is 0 Å². The Hall–Kier alpha value is -4.05. The smallest absolute Gasteiger partial charge is 0.338 e. The number of benzene rings is 3. The highest BCUT2D eigenvalue weighted by atomic mass is 16.6. The lowest BCUT2D eigenvalue weighted by molar-refractivity contribution is -0.128. The lowest BCUT2D eigenvalue weighted by Crippen LogP contribution is -2.49. The zero-order valence-corrected chi connectivity index (χ0v) is 19.2. The number of aliphatic hydroxyl groups excluding tert-OH is 3. The van der Waals surface area contributed by atoms with Crippen molar-refractivity contribution in [2.24, 2.45) is 0 Å². The molecule has 3 aromatic rings. The quantitative estimate of drug-likeness (QED) is 0.270. The van der Waals surface area contributed by atoms with Crippen LogP contribution in [-0.2, 0) is 14.2 Å². The SMILES string of the molecule is O=C(OCC(O)C(O)C(O)C(COC(=O)c1ccccc1)OC(=O)c1ccccc1)c1ccccc1. The molecule has 0 saturated carbocycles. The predicted molar refractivity (Wildman–Crippen MR) is 127 cm³/mol. The van der Waals surface area contributed by atoms with Gasteiger partial charge in [0.05, 0.1) is 16.7 Å². The van der Waals surface area contributed by atoms with Crippen LogP contribution in [-0.4, -0.2) is 70.9 Å². The molecule has 0 aliphatic heterocycles. The summed E-state index contributed by atoms with van der Waals surface area (Å²) in [6, 6.07) is 23.9. The van der Waals surface area contributed by atoms with E-state index in [1.165, 1.54) is 36.4 Å². The summed E-state index contributed by atoms with van der Waals surface area (Å²) in [4.78, 5) is 37.0. The van der Waals surface area contributed by atoms with E-state index in [4.69, 9.17) is 14.2 Å². The molecule has 3 rings (SSSR count). The number of carbonyl (C=O) groups excluding carboxylic acids is 3. The second-order valence-corrected chi connectivity index (χ2v) is 7.79. The van der Waals surface area contributed by atoms with Crippen molar-refractivity contribution in [3.63, 3.8) is 0 Å². The van der Waals surface area contributed by atoms with Gasteiger partial charge in [-0.05, 0) is 36.4 Å². The first-order valence-electron chi connectivity index (χ1n) is 11.1. The van der Waals surface area contributed by atoms with E-state index in [0.29, 0.717) is 0 Å². The molecule has 0 aliphatic rings. The molecule has 4 unspecified atom stereocenters. The summed E-state index contributed by atoms with van der Waals surface area (Å²) in [6.45, 7) is -1.25. The standard InChI is InChI=1S/C27H26O9/c28-21(16-34-25(31)18-10-4-1-5-11-18)23(29)24(30)22(36-27(33)20-14-8-3-9-15-20)17-35-26(32)19-12-6-2-7-13-19/h1-15,21-24,28-30H,16-17H2. The maximum atomic E-state index is 12.6. The Morgan fingerprint density at radius 3 is 1.39 bits per heavy atom. The Bertz CT molecular complexity index is 1120. The normalized spacial score (nSPS) is 14.1. The van der Waals surface area contributed by atoms with Gasteiger partial charge >= 0.3 is 17.9 Å². The van der Waals surface area contributed by atoms with Crippen molar-refractivity contribution >= 4 is 17.9 Å². The third kappa shape index (κ3) is 7.47. The van der Waals surface area contributed by atoms with Crippen LogP contribution in [0, 0.1) is 0 Å². The highest BCUT2D eigenvalue weighted by Gasteiger charge is 2.36.